The monoisotopic (exact) mass is 293 g/mol. The van der Waals surface area contributed by atoms with E-state index >= 15 is 0 Å². The molecule has 1 heterocycles. The molecule has 1 aromatic rings. The van der Waals surface area contributed by atoms with Gasteiger partial charge in [-0.2, -0.15) is 0 Å². The summed E-state index contributed by atoms with van der Waals surface area (Å²) in [6.07, 6.45) is -0.608. The molecule has 0 radical (unpaired) electrons. The summed E-state index contributed by atoms with van der Waals surface area (Å²) in [5.74, 6) is -0.509. The van der Waals surface area contributed by atoms with E-state index < -0.39 is 12.0 Å². The Hall–Kier alpha value is -1.82. The van der Waals surface area contributed by atoms with Gasteiger partial charge >= 0.3 is 6.09 Å². The first kappa shape index (κ1) is 14.6. The van der Waals surface area contributed by atoms with Gasteiger partial charge in [0.25, 0.3) is 0 Å². The van der Waals surface area contributed by atoms with Crippen molar-refractivity contribution in [2.24, 2.45) is 0 Å². The number of hydrogen-bond acceptors (Lipinski definition) is 5. The maximum absolute atomic E-state index is 12.5. The summed E-state index contributed by atoms with van der Waals surface area (Å²) in [6, 6.07) is 9.16. The molecule has 2 amide bonds. The van der Waals surface area contributed by atoms with Crippen LogP contribution in [0.3, 0.4) is 0 Å². The van der Waals surface area contributed by atoms with Crippen LogP contribution in [0.15, 0.2) is 30.3 Å². The van der Waals surface area contributed by atoms with Crippen LogP contribution in [0.2, 0.25) is 0 Å². The molecule has 0 bridgehead atoms. The fourth-order valence-corrected chi connectivity index (χ4v) is 2.71. The molecule has 0 aromatic heterocycles. The summed E-state index contributed by atoms with van der Waals surface area (Å²) in [5, 5.41) is -0.0530. The molecule has 0 saturated carbocycles. The summed E-state index contributed by atoms with van der Waals surface area (Å²) in [5.41, 5.74) is 0.797. The molecule has 20 heavy (non-hydrogen) atoms. The highest BCUT2D eigenvalue weighted by molar-refractivity contribution is 8.13. The normalized spacial score (nSPS) is 15.8. The van der Waals surface area contributed by atoms with Gasteiger partial charge in [-0.1, -0.05) is 42.1 Å². The zero-order valence-corrected chi connectivity index (χ0v) is 11.9. The Bertz CT molecular complexity index is 517. The van der Waals surface area contributed by atoms with Crippen LogP contribution in [0.5, 0.6) is 0 Å². The molecule has 0 spiro atoms. The SMILES string of the molecule is CC(=O)SC[C@@H](C(=O)N1CCOC1=O)c1ccccc1. The van der Waals surface area contributed by atoms with E-state index in [2.05, 4.69) is 0 Å². The third-order valence-electron chi connectivity index (χ3n) is 2.98. The number of cyclic esters (lactones) is 1. The standard InChI is InChI=1S/C14H15NO4S/c1-10(16)20-9-12(11-5-3-2-4-6-11)13(17)15-7-8-19-14(15)18/h2-6,12H,7-9H2,1H3/t12-/m1/s1. The van der Waals surface area contributed by atoms with Crippen molar-refractivity contribution in [3.8, 4) is 0 Å². The molecule has 0 unspecified atom stereocenters. The van der Waals surface area contributed by atoms with Crippen LogP contribution < -0.4 is 0 Å². The number of thioether (sulfide) groups is 1. The quantitative estimate of drug-likeness (QED) is 0.850. The van der Waals surface area contributed by atoms with Crippen LogP contribution in [0.1, 0.15) is 18.4 Å². The number of imide groups is 1. The van der Waals surface area contributed by atoms with E-state index in [-0.39, 0.29) is 24.2 Å². The van der Waals surface area contributed by atoms with Crippen molar-refractivity contribution in [3.05, 3.63) is 35.9 Å². The van der Waals surface area contributed by atoms with Crippen molar-refractivity contribution >= 4 is 28.9 Å². The van der Waals surface area contributed by atoms with Gasteiger partial charge in [-0.15, -0.1) is 0 Å². The highest BCUT2D eigenvalue weighted by Gasteiger charge is 2.34. The lowest BCUT2D eigenvalue weighted by molar-refractivity contribution is -0.128. The van der Waals surface area contributed by atoms with E-state index in [0.29, 0.717) is 5.75 Å². The molecule has 1 atom stereocenters. The minimum absolute atomic E-state index is 0.0530. The van der Waals surface area contributed by atoms with Gasteiger partial charge in [-0.05, 0) is 5.56 Å². The maximum atomic E-state index is 12.5. The van der Waals surface area contributed by atoms with Crippen LogP contribution in [0.25, 0.3) is 0 Å². The lowest BCUT2D eigenvalue weighted by Crippen LogP contribution is -2.36. The Morgan fingerprint density at radius 2 is 2.05 bits per heavy atom. The highest BCUT2D eigenvalue weighted by Crippen LogP contribution is 2.25. The second-order valence-corrected chi connectivity index (χ2v) is 5.57. The lowest BCUT2D eigenvalue weighted by Gasteiger charge is -2.20. The van der Waals surface area contributed by atoms with Gasteiger partial charge in [0, 0.05) is 12.7 Å². The molecular formula is C14H15NO4S. The van der Waals surface area contributed by atoms with E-state index in [1.807, 2.05) is 30.3 Å². The number of ether oxygens (including phenoxy) is 1. The molecule has 6 heteroatoms. The topological polar surface area (TPSA) is 63.7 Å². The Morgan fingerprint density at radius 3 is 2.60 bits per heavy atom. The molecule has 2 rings (SSSR count). The summed E-state index contributed by atoms with van der Waals surface area (Å²) in [4.78, 5) is 36.2. The molecule has 0 N–H and O–H groups in total. The van der Waals surface area contributed by atoms with Crippen LogP contribution in [-0.2, 0) is 14.3 Å². The Kier molecular flexibility index (Phi) is 4.79. The van der Waals surface area contributed by atoms with Crippen molar-refractivity contribution < 1.29 is 19.1 Å². The number of carbonyl (C=O) groups excluding carboxylic acids is 3. The molecule has 106 valence electrons. The number of carbonyl (C=O) groups is 3. The number of nitrogens with zero attached hydrogens (tertiary/aromatic N) is 1. The first-order chi connectivity index (χ1) is 9.59. The van der Waals surface area contributed by atoms with Gasteiger partial charge in [-0.3, -0.25) is 9.59 Å². The minimum Gasteiger partial charge on any atom is -0.447 e. The van der Waals surface area contributed by atoms with Gasteiger partial charge in [0.2, 0.25) is 5.91 Å². The van der Waals surface area contributed by atoms with Crippen LogP contribution in [-0.4, -0.2) is 40.9 Å². The van der Waals surface area contributed by atoms with E-state index in [9.17, 15) is 14.4 Å². The second-order valence-electron chi connectivity index (χ2n) is 4.37. The molecule has 1 aliphatic heterocycles. The smallest absolute Gasteiger partial charge is 0.416 e. The van der Waals surface area contributed by atoms with Gasteiger partial charge in [0.05, 0.1) is 12.5 Å². The first-order valence-electron chi connectivity index (χ1n) is 6.26. The fourth-order valence-electron chi connectivity index (χ4n) is 1.98. The Labute approximate surface area is 121 Å². The van der Waals surface area contributed by atoms with Crippen LogP contribution >= 0.6 is 11.8 Å². The Balaban J connectivity index is 2.19. The van der Waals surface area contributed by atoms with Gasteiger partial charge in [0.1, 0.15) is 6.61 Å². The molecule has 1 fully saturated rings. The average Bonchev–Trinajstić information content (AvgIpc) is 2.86. The summed E-state index contributed by atoms with van der Waals surface area (Å²) in [6.45, 7) is 1.96. The van der Waals surface area contributed by atoms with Gasteiger partial charge < -0.3 is 4.74 Å². The van der Waals surface area contributed by atoms with Crippen molar-refractivity contribution in [1.82, 2.24) is 4.90 Å². The van der Waals surface area contributed by atoms with E-state index in [4.69, 9.17) is 4.74 Å². The third-order valence-corrected chi connectivity index (χ3v) is 3.89. The molecule has 5 nitrogen and oxygen atoms in total. The van der Waals surface area contributed by atoms with E-state index in [1.54, 1.807) is 0 Å². The van der Waals surface area contributed by atoms with E-state index in [1.165, 1.54) is 6.92 Å². The molecule has 0 aliphatic carbocycles. The Morgan fingerprint density at radius 1 is 1.35 bits per heavy atom. The van der Waals surface area contributed by atoms with Crippen molar-refractivity contribution in [1.29, 1.82) is 0 Å². The van der Waals surface area contributed by atoms with Crippen LogP contribution in [0, 0.1) is 0 Å². The predicted molar refractivity (Wildman–Crippen MR) is 75.4 cm³/mol. The zero-order chi connectivity index (χ0) is 14.5. The first-order valence-corrected chi connectivity index (χ1v) is 7.24. The van der Waals surface area contributed by atoms with Crippen molar-refractivity contribution in [2.75, 3.05) is 18.9 Å². The summed E-state index contributed by atoms with van der Waals surface area (Å²) in [7, 11) is 0. The van der Waals surface area contributed by atoms with Crippen molar-refractivity contribution in [2.45, 2.75) is 12.8 Å². The highest BCUT2D eigenvalue weighted by atomic mass is 32.2. The fraction of sp³-hybridized carbons (Fsp3) is 0.357. The predicted octanol–water partition coefficient (Wildman–Crippen LogP) is 2.03. The maximum Gasteiger partial charge on any atom is 0.416 e. The molecule has 1 saturated heterocycles. The number of hydrogen-bond donors (Lipinski definition) is 0. The molecular weight excluding hydrogens is 278 g/mol. The van der Waals surface area contributed by atoms with E-state index in [0.717, 1.165) is 22.2 Å². The average molecular weight is 293 g/mol. The zero-order valence-electron chi connectivity index (χ0n) is 11.1. The van der Waals surface area contributed by atoms with Crippen LogP contribution in [0.4, 0.5) is 4.79 Å². The summed E-state index contributed by atoms with van der Waals surface area (Å²) >= 11 is 1.08. The number of amides is 2. The lowest BCUT2D eigenvalue weighted by atomic mass is 10.00. The number of benzene rings is 1. The summed E-state index contributed by atoms with van der Waals surface area (Å²) < 4.78 is 4.79. The second kappa shape index (κ2) is 6.56. The molecule has 1 aliphatic rings. The van der Waals surface area contributed by atoms with Crippen molar-refractivity contribution in [3.63, 3.8) is 0 Å². The van der Waals surface area contributed by atoms with Gasteiger partial charge in [-0.25, -0.2) is 9.69 Å². The minimum atomic E-state index is -0.608. The largest absolute Gasteiger partial charge is 0.447 e. The third kappa shape index (κ3) is 3.39. The number of rotatable bonds is 4. The van der Waals surface area contributed by atoms with Gasteiger partial charge in [0.15, 0.2) is 5.12 Å². The molecule has 1 aromatic carbocycles.